The van der Waals surface area contributed by atoms with Crippen LogP contribution in [-0.2, 0) is 11.3 Å². The summed E-state index contributed by atoms with van der Waals surface area (Å²) in [5.74, 6) is -1.37. The quantitative estimate of drug-likeness (QED) is 0.905. The number of hydrogen-bond donors (Lipinski definition) is 1. The van der Waals surface area contributed by atoms with Crippen molar-refractivity contribution in [3.8, 4) is 0 Å². The van der Waals surface area contributed by atoms with Crippen LogP contribution in [0, 0.1) is 19.8 Å². The van der Waals surface area contributed by atoms with Crippen LogP contribution in [0.3, 0.4) is 0 Å². The zero-order valence-corrected chi connectivity index (χ0v) is 15.1. The van der Waals surface area contributed by atoms with E-state index in [9.17, 15) is 9.59 Å². The predicted octanol–water partition coefficient (Wildman–Crippen LogP) is 2.52. The molecule has 1 aliphatic heterocycles. The van der Waals surface area contributed by atoms with Gasteiger partial charge >= 0.3 is 5.97 Å². The molecular formula is C18H22ClN3O3. The van der Waals surface area contributed by atoms with Crippen LogP contribution in [0.1, 0.15) is 33.7 Å². The minimum atomic E-state index is -0.828. The van der Waals surface area contributed by atoms with Crippen molar-refractivity contribution in [3.63, 3.8) is 0 Å². The molecule has 1 amide bonds. The first kappa shape index (κ1) is 19.0. The summed E-state index contributed by atoms with van der Waals surface area (Å²) in [6.07, 6.45) is 0.525. The third-order valence-corrected chi connectivity index (χ3v) is 4.46. The molecule has 1 fully saturated rings. The fourth-order valence-electron chi connectivity index (χ4n) is 3.09. The zero-order chi connectivity index (χ0) is 17.3. The Kier molecular flexibility index (Phi) is 5.85. The summed E-state index contributed by atoms with van der Waals surface area (Å²) in [5, 5.41) is 13.5. The van der Waals surface area contributed by atoms with Gasteiger partial charge in [-0.2, -0.15) is 5.10 Å². The summed E-state index contributed by atoms with van der Waals surface area (Å²) >= 11 is 0. The Morgan fingerprint density at radius 1 is 1.24 bits per heavy atom. The molecule has 0 bridgehead atoms. The second kappa shape index (κ2) is 7.70. The Labute approximate surface area is 152 Å². The van der Waals surface area contributed by atoms with Crippen molar-refractivity contribution in [2.75, 3.05) is 13.1 Å². The monoisotopic (exact) mass is 363 g/mol. The largest absolute Gasteiger partial charge is 0.481 e. The van der Waals surface area contributed by atoms with Crippen LogP contribution in [0.15, 0.2) is 30.3 Å². The third kappa shape index (κ3) is 4.20. The Morgan fingerprint density at radius 3 is 2.44 bits per heavy atom. The Morgan fingerprint density at radius 2 is 1.92 bits per heavy atom. The number of carbonyl (C=O) groups excluding carboxylic acids is 1. The molecule has 134 valence electrons. The van der Waals surface area contributed by atoms with E-state index in [1.165, 1.54) is 0 Å². The SMILES string of the molecule is Cc1cc(C)n(Cc2ccc(C(=O)N3CCC(C(=O)O)C3)cc2)n1.Cl. The minimum absolute atomic E-state index is 0. The van der Waals surface area contributed by atoms with Gasteiger partial charge in [0.15, 0.2) is 0 Å². The Balaban J connectivity index is 0.00000225. The number of nitrogens with zero attached hydrogens (tertiary/aromatic N) is 3. The van der Waals surface area contributed by atoms with Crippen molar-refractivity contribution >= 4 is 24.3 Å². The fourth-order valence-corrected chi connectivity index (χ4v) is 3.09. The zero-order valence-electron chi connectivity index (χ0n) is 14.3. The van der Waals surface area contributed by atoms with Crippen LogP contribution in [0.25, 0.3) is 0 Å². The van der Waals surface area contributed by atoms with Gasteiger partial charge in [0.25, 0.3) is 5.91 Å². The highest BCUT2D eigenvalue weighted by Crippen LogP contribution is 2.19. The Bertz CT molecular complexity index is 770. The molecule has 1 unspecified atom stereocenters. The van der Waals surface area contributed by atoms with E-state index in [0.717, 1.165) is 17.0 Å². The van der Waals surface area contributed by atoms with Gasteiger partial charge in [-0.1, -0.05) is 12.1 Å². The second-order valence-electron chi connectivity index (χ2n) is 6.36. The van der Waals surface area contributed by atoms with Crippen LogP contribution in [-0.4, -0.2) is 44.8 Å². The highest BCUT2D eigenvalue weighted by molar-refractivity contribution is 5.94. The van der Waals surface area contributed by atoms with Crippen LogP contribution < -0.4 is 0 Å². The van der Waals surface area contributed by atoms with Gasteiger partial charge in [0, 0.05) is 24.3 Å². The summed E-state index contributed by atoms with van der Waals surface area (Å²) in [4.78, 5) is 25.1. The fraction of sp³-hybridized carbons (Fsp3) is 0.389. The van der Waals surface area contributed by atoms with Gasteiger partial charge < -0.3 is 10.0 Å². The number of halogens is 1. The van der Waals surface area contributed by atoms with E-state index < -0.39 is 11.9 Å². The maximum Gasteiger partial charge on any atom is 0.308 e. The number of aryl methyl sites for hydroxylation is 2. The summed E-state index contributed by atoms with van der Waals surface area (Å²) in [7, 11) is 0. The molecular weight excluding hydrogens is 342 g/mol. The lowest BCUT2D eigenvalue weighted by Gasteiger charge is -2.16. The van der Waals surface area contributed by atoms with Crippen LogP contribution >= 0.6 is 12.4 Å². The van der Waals surface area contributed by atoms with Gasteiger partial charge in [-0.05, 0) is 44.0 Å². The minimum Gasteiger partial charge on any atom is -0.481 e. The first-order valence-electron chi connectivity index (χ1n) is 8.06. The number of carboxylic acid groups (broad SMARTS) is 1. The lowest BCUT2D eigenvalue weighted by atomic mass is 10.1. The van der Waals surface area contributed by atoms with Crippen molar-refractivity contribution in [1.82, 2.24) is 14.7 Å². The van der Waals surface area contributed by atoms with Gasteiger partial charge in [0.2, 0.25) is 0 Å². The van der Waals surface area contributed by atoms with E-state index in [0.29, 0.717) is 31.6 Å². The van der Waals surface area contributed by atoms with E-state index in [1.54, 1.807) is 17.0 Å². The molecule has 1 N–H and O–H groups in total. The number of rotatable bonds is 4. The molecule has 0 spiro atoms. The summed E-state index contributed by atoms with van der Waals surface area (Å²) in [6, 6.07) is 9.49. The molecule has 6 nitrogen and oxygen atoms in total. The molecule has 2 aromatic rings. The molecule has 7 heteroatoms. The highest BCUT2D eigenvalue weighted by atomic mass is 35.5. The van der Waals surface area contributed by atoms with Gasteiger partial charge in [-0.3, -0.25) is 14.3 Å². The lowest BCUT2D eigenvalue weighted by Crippen LogP contribution is -2.29. The summed E-state index contributed by atoms with van der Waals surface area (Å²) < 4.78 is 1.93. The number of aliphatic carboxylic acids is 1. The molecule has 1 aromatic heterocycles. The highest BCUT2D eigenvalue weighted by Gasteiger charge is 2.31. The van der Waals surface area contributed by atoms with Crippen molar-refractivity contribution in [1.29, 1.82) is 0 Å². The molecule has 0 aliphatic carbocycles. The number of amides is 1. The molecule has 3 rings (SSSR count). The lowest BCUT2D eigenvalue weighted by molar-refractivity contribution is -0.141. The van der Waals surface area contributed by atoms with Crippen molar-refractivity contribution in [2.45, 2.75) is 26.8 Å². The Hall–Kier alpha value is -2.34. The molecule has 0 saturated carbocycles. The van der Waals surface area contributed by atoms with Crippen LogP contribution in [0.5, 0.6) is 0 Å². The molecule has 1 aliphatic rings. The molecule has 1 atom stereocenters. The maximum absolute atomic E-state index is 12.5. The summed E-state index contributed by atoms with van der Waals surface area (Å²) in [5.41, 5.74) is 3.76. The van der Waals surface area contributed by atoms with Crippen LogP contribution in [0.4, 0.5) is 0 Å². The topological polar surface area (TPSA) is 75.4 Å². The van der Waals surface area contributed by atoms with Crippen molar-refractivity contribution in [2.24, 2.45) is 5.92 Å². The third-order valence-electron chi connectivity index (χ3n) is 4.46. The number of aromatic nitrogens is 2. The van der Waals surface area contributed by atoms with Gasteiger partial charge in [-0.15, -0.1) is 12.4 Å². The van der Waals surface area contributed by atoms with E-state index in [4.69, 9.17) is 5.11 Å². The van der Waals surface area contributed by atoms with E-state index in [-0.39, 0.29) is 18.3 Å². The molecule has 2 heterocycles. The number of likely N-dealkylation sites (tertiary alicyclic amines) is 1. The maximum atomic E-state index is 12.5. The predicted molar refractivity (Wildman–Crippen MR) is 96.1 cm³/mol. The number of carboxylic acids is 1. The number of hydrogen-bond acceptors (Lipinski definition) is 3. The average Bonchev–Trinajstić information content (AvgIpc) is 3.15. The first-order valence-corrected chi connectivity index (χ1v) is 8.06. The van der Waals surface area contributed by atoms with Gasteiger partial charge in [-0.25, -0.2) is 0 Å². The van der Waals surface area contributed by atoms with E-state index in [2.05, 4.69) is 5.10 Å². The summed E-state index contributed by atoms with van der Waals surface area (Å²) in [6.45, 7) is 5.44. The van der Waals surface area contributed by atoms with Crippen molar-refractivity contribution < 1.29 is 14.7 Å². The molecule has 1 saturated heterocycles. The van der Waals surface area contributed by atoms with E-state index in [1.807, 2.05) is 36.7 Å². The average molecular weight is 364 g/mol. The number of carbonyl (C=O) groups is 2. The normalized spacial score (nSPS) is 16.6. The molecule has 25 heavy (non-hydrogen) atoms. The smallest absolute Gasteiger partial charge is 0.308 e. The van der Waals surface area contributed by atoms with E-state index >= 15 is 0 Å². The van der Waals surface area contributed by atoms with Crippen LogP contribution in [0.2, 0.25) is 0 Å². The second-order valence-corrected chi connectivity index (χ2v) is 6.36. The van der Waals surface area contributed by atoms with Crippen molar-refractivity contribution in [3.05, 3.63) is 52.8 Å². The van der Waals surface area contributed by atoms with Gasteiger partial charge in [0.1, 0.15) is 0 Å². The van der Waals surface area contributed by atoms with Gasteiger partial charge in [0.05, 0.1) is 18.2 Å². The molecule has 1 aromatic carbocycles. The molecule has 0 radical (unpaired) electrons. The number of benzene rings is 1. The standard InChI is InChI=1S/C18H21N3O3.ClH/c1-12-9-13(2)21(19-12)10-14-3-5-15(6-4-14)17(22)20-8-7-16(11-20)18(23)24;/h3-6,9,16H,7-8,10-11H2,1-2H3,(H,23,24);1H. The first-order chi connectivity index (χ1) is 11.4.